The van der Waals surface area contributed by atoms with Gasteiger partial charge in [0.05, 0.1) is 6.54 Å². The highest BCUT2D eigenvalue weighted by molar-refractivity contribution is 7.89. The summed E-state index contributed by atoms with van der Waals surface area (Å²) < 4.78 is 97.2. The molecule has 0 saturated carbocycles. The molecule has 8 nitrogen and oxygen atoms in total. The monoisotopic (exact) mass is 494 g/mol. The van der Waals surface area contributed by atoms with E-state index < -0.39 is 63.4 Å². The molecule has 0 aliphatic carbocycles. The molecular weight excluding hydrogens is 475 g/mol. The SMILES string of the molecule is CO[C@@]1(C(F)(F)F)C[C@H](C(=O)Nc2ccnc(S(N)(=O)=O)c2)N(c2ccc(F)c(F)c2C)C1. The molecule has 1 saturated heterocycles. The molecule has 0 unspecified atom stereocenters. The summed E-state index contributed by atoms with van der Waals surface area (Å²) in [6, 6.07) is 2.43. The van der Waals surface area contributed by atoms with E-state index in [0.717, 1.165) is 36.4 Å². The maximum atomic E-state index is 14.2. The number of anilines is 2. The molecule has 33 heavy (non-hydrogen) atoms. The Labute approximate surface area is 185 Å². The van der Waals surface area contributed by atoms with Crippen molar-refractivity contribution < 1.29 is 39.9 Å². The zero-order valence-corrected chi connectivity index (χ0v) is 18.1. The standard InChI is InChI=1S/C19H19F5N4O4S/c1-10-13(4-3-12(20)16(10)21)28-9-18(32-2,19(22,23)24)8-14(28)17(29)27-11-5-6-26-15(7-11)33(25,30)31/h3-7,14H,8-9H2,1-2H3,(H2,25,30,31)(H,26,27,29)/t14-,18+/m1/s1. The minimum absolute atomic E-state index is 0.0945. The van der Waals surface area contributed by atoms with E-state index in [0.29, 0.717) is 0 Å². The van der Waals surface area contributed by atoms with Crippen LogP contribution in [0.15, 0.2) is 35.5 Å². The molecule has 1 aromatic heterocycles. The number of methoxy groups -OCH3 is 1. The molecule has 2 heterocycles. The number of benzene rings is 1. The van der Waals surface area contributed by atoms with Crippen molar-refractivity contribution in [1.82, 2.24) is 4.98 Å². The average molecular weight is 494 g/mol. The molecule has 14 heteroatoms. The van der Waals surface area contributed by atoms with E-state index in [1.54, 1.807) is 0 Å². The summed E-state index contributed by atoms with van der Waals surface area (Å²) >= 11 is 0. The van der Waals surface area contributed by atoms with Crippen LogP contribution in [-0.2, 0) is 19.6 Å². The van der Waals surface area contributed by atoms with Gasteiger partial charge in [0.15, 0.2) is 22.3 Å². The highest BCUT2D eigenvalue weighted by atomic mass is 32.2. The number of nitrogens with zero attached hydrogens (tertiary/aromatic N) is 2. The number of rotatable bonds is 5. The minimum atomic E-state index is -4.89. The predicted molar refractivity (Wildman–Crippen MR) is 107 cm³/mol. The first-order valence-corrected chi connectivity index (χ1v) is 10.9. The van der Waals surface area contributed by atoms with E-state index in [1.165, 1.54) is 13.0 Å². The Morgan fingerprint density at radius 1 is 1.30 bits per heavy atom. The first kappa shape index (κ1) is 24.8. The number of hydrogen-bond acceptors (Lipinski definition) is 6. The van der Waals surface area contributed by atoms with Gasteiger partial charge in [-0.15, -0.1) is 0 Å². The lowest BCUT2D eigenvalue weighted by atomic mass is 9.99. The van der Waals surface area contributed by atoms with Crippen LogP contribution >= 0.6 is 0 Å². The molecule has 1 aliphatic rings. The first-order chi connectivity index (χ1) is 15.2. The summed E-state index contributed by atoms with van der Waals surface area (Å²) in [5, 5.41) is 6.76. The zero-order chi connectivity index (χ0) is 24.8. The number of primary sulfonamides is 1. The predicted octanol–water partition coefficient (Wildman–Crippen LogP) is 2.48. The Morgan fingerprint density at radius 3 is 2.55 bits per heavy atom. The second-order valence-corrected chi connectivity index (χ2v) is 8.97. The molecule has 1 aromatic carbocycles. The number of alkyl halides is 3. The van der Waals surface area contributed by atoms with Crippen LogP contribution in [0.4, 0.5) is 33.3 Å². The van der Waals surface area contributed by atoms with Crippen LogP contribution in [0.5, 0.6) is 0 Å². The number of nitrogens with two attached hydrogens (primary N) is 1. The number of nitrogens with one attached hydrogen (secondary N) is 1. The van der Waals surface area contributed by atoms with Crippen LogP contribution in [0.3, 0.4) is 0 Å². The smallest absolute Gasteiger partial charge is 0.367 e. The summed E-state index contributed by atoms with van der Waals surface area (Å²) in [4.78, 5) is 17.5. The number of ether oxygens (including phenoxy) is 1. The number of pyridine rings is 1. The molecule has 1 aliphatic heterocycles. The Morgan fingerprint density at radius 2 is 1.97 bits per heavy atom. The van der Waals surface area contributed by atoms with Crippen LogP contribution in [0.2, 0.25) is 0 Å². The van der Waals surface area contributed by atoms with Crippen molar-refractivity contribution in [3.63, 3.8) is 0 Å². The number of sulfonamides is 1. The summed E-state index contributed by atoms with van der Waals surface area (Å²) in [5.41, 5.74) is -3.28. The number of hydrogen-bond donors (Lipinski definition) is 2. The van der Waals surface area contributed by atoms with E-state index in [2.05, 4.69) is 10.3 Å². The number of carbonyl (C=O) groups is 1. The average Bonchev–Trinajstić information content (AvgIpc) is 3.13. The lowest BCUT2D eigenvalue weighted by Gasteiger charge is -2.31. The minimum Gasteiger partial charge on any atom is -0.367 e. The number of halogens is 5. The largest absolute Gasteiger partial charge is 0.419 e. The van der Waals surface area contributed by atoms with Gasteiger partial charge in [-0.2, -0.15) is 13.2 Å². The lowest BCUT2D eigenvalue weighted by molar-refractivity contribution is -0.261. The fourth-order valence-electron chi connectivity index (χ4n) is 3.65. The molecule has 1 fully saturated rings. The van der Waals surface area contributed by atoms with Crippen molar-refractivity contribution in [1.29, 1.82) is 0 Å². The second kappa shape index (κ2) is 8.50. The van der Waals surface area contributed by atoms with Gasteiger partial charge in [0, 0.05) is 42.7 Å². The van der Waals surface area contributed by atoms with Crippen molar-refractivity contribution in [2.75, 3.05) is 23.9 Å². The molecule has 180 valence electrons. The van der Waals surface area contributed by atoms with E-state index in [1.807, 2.05) is 0 Å². The van der Waals surface area contributed by atoms with Crippen molar-refractivity contribution in [3.8, 4) is 0 Å². The van der Waals surface area contributed by atoms with Gasteiger partial charge >= 0.3 is 6.18 Å². The number of carbonyl (C=O) groups excluding carboxylic acids is 1. The van der Waals surface area contributed by atoms with Gasteiger partial charge in [0.2, 0.25) is 5.91 Å². The van der Waals surface area contributed by atoms with Gasteiger partial charge in [0.25, 0.3) is 10.0 Å². The summed E-state index contributed by atoms with van der Waals surface area (Å²) in [7, 11) is -3.37. The maximum absolute atomic E-state index is 14.2. The van der Waals surface area contributed by atoms with E-state index in [-0.39, 0.29) is 16.9 Å². The van der Waals surface area contributed by atoms with E-state index >= 15 is 0 Å². The van der Waals surface area contributed by atoms with Crippen molar-refractivity contribution in [3.05, 3.63) is 47.7 Å². The normalized spacial score (nSPS) is 21.3. The zero-order valence-electron chi connectivity index (χ0n) is 17.3. The van der Waals surface area contributed by atoms with Gasteiger partial charge in [-0.1, -0.05) is 0 Å². The van der Waals surface area contributed by atoms with Gasteiger partial charge in [-0.05, 0) is 25.1 Å². The Bertz CT molecular complexity index is 1190. The molecule has 0 bridgehead atoms. The molecule has 2 aromatic rings. The molecule has 0 radical (unpaired) electrons. The fourth-order valence-corrected chi connectivity index (χ4v) is 4.15. The molecule has 1 amide bonds. The molecule has 2 atom stereocenters. The Kier molecular flexibility index (Phi) is 6.39. The molecule has 3 rings (SSSR count). The maximum Gasteiger partial charge on any atom is 0.419 e. The molecular formula is C19H19F5N4O4S. The molecule has 0 spiro atoms. The van der Waals surface area contributed by atoms with Gasteiger partial charge < -0.3 is 15.0 Å². The third-order valence-electron chi connectivity index (χ3n) is 5.45. The summed E-state index contributed by atoms with van der Waals surface area (Å²) in [6.07, 6.45) is -4.71. The van der Waals surface area contributed by atoms with Gasteiger partial charge in [-0.3, -0.25) is 4.79 Å². The van der Waals surface area contributed by atoms with E-state index in [9.17, 15) is 35.2 Å². The number of aromatic nitrogens is 1. The molecule has 3 N–H and O–H groups in total. The first-order valence-electron chi connectivity index (χ1n) is 9.33. The van der Waals surface area contributed by atoms with Gasteiger partial charge in [0.1, 0.15) is 6.04 Å². The third kappa shape index (κ3) is 4.63. The Hall–Kier alpha value is -2.84. The van der Waals surface area contributed by atoms with Crippen LogP contribution in [0, 0.1) is 18.6 Å². The fraction of sp³-hybridized carbons (Fsp3) is 0.368. The number of amides is 1. The van der Waals surface area contributed by atoms with Crippen molar-refractivity contribution in [2.45, 2.75) is 36.2 Å². The van der Waals surface area contributed by atoms with Crippen molar-refractivity contribution >= 4 is 27.3 Å². The lowest BCUT2D eigenvalue weighted by Crippen LogP contribution is -2.49. The third-order valence-corrected chi connectivity index (χ3v) is 6.26. The highest BCUT2D eigenvalue weighted by Gasteiger charge is 2.63. The highest BCUT2D eigenvalue weighted by Crippen LogP contribution is 2.45. The van der Waals surface area contributed by atoms with Crippen LogP contribution in [-0.4, -0.2) is 50.8 Å². The van der Waals surface area contributed by atoms with Crippen LogP contribution < -0.4 is 15.4 Å². The Balaban J connectivity index is 2.03. The quantitative estimate of drug-likeness (QED) is 0.618. The second-order valence-electron chi connectivity index (χ2n) is 7.47. The summed E-state index contributed by atoms with van der Waals surface area (Å²) in [5.74, 6) is -3.42. The summed E-state index contributed by atoms with van der Waals surface area (Å²) in [6.45, 7) is 0.306. The topological polar surface area (TPSA) is 115 Å². The van der Waals surface area contributed by atoms with E-state index in [4.69, 9.17) is 9.88 Å². The van der Waals surface area contributed by atoms with Gasteiger partial charge in [-0.25, -0.2) is 27.3 Å². The van der Waals surface area contributed by atoms with Crippen LogP contribution in [0.1, 0.15) is 12.0 Å². The van der Waals surface area contributed by atoms with Crippen molar-refractivity contribution in [2.24, 2.45) is 5.14 Å². The van der Waals surface area contributed by atoms with Crippen LogP contribution in [0.25, 0.3) is 0 Å².